The fourth-order valence-corrected chi connectivity index (χ4v) is 0.838. The van der Waals surface area contributed by atoms with E-state index in [0.717, 1.165) is 0 Å². The van der Waals surface area contributed by atoms with Gasteiger partial charge in [-0.25, -0.2) is 4.79 Å². The molecule has 0 fully saturated rings. The summed E-state index contributed by atoms with van der Waals surface area (Å²) in [7, 11) is 0. The Morgan fingerprint density at radius 1 is 1.73 bits per heavy atom. The molecule has 1 aliphatic rings. The molecule has 0 saturated heterocycles. The maximum absolute atomic E-state index is 10.7. The van der Waals surface area contributed by atoms with Gasteiger partial charge < -0.3 is 4.84 Å². The van der Waals surface area contributed by atoms with E-state index in [9.17, 15) is 9.59 Å². The highest BCUT2D eigenvalue weighted by atomic mass is 16.7. The van der Waals surface area contributed by atoms with E-state index in [1.165, 1.54) is 6.92 Å². The summed E-state index contributed by atoms with van der Waals surface area (Å²) in [6.07, 6.45) is 0.215. The van der Waals surface area contributed by atoms with Crippen LogP contribution in [0.2, 0.25) is 0 Å². The highest BCUT2D eigenvalue weighted by Gasteiger charge is 2.28. The van der Waals surface area contributed by atoms with E-state index in [1.54, 1.807) is 6.92 Å². The average Bonchev–Trinajstić information content (AvgIpc) is 2.18. The second-order valence-corrected chi connectivity index (χ2v) is 2.59. The largest absolute Gasteiger partial charge is 0.343 e. The lowest BCUT2D eigenvalue weighted by Crippen LogP contribution is -2.16. The van der Waals surface area contributed by atoms with E-state index < -0.39 is 0 Å². The third kappa shape index (κ3) is 1.63. The second-order valence-electron chi connectivity index (χ2n) is 2.59. The summed E-state index contributed by atoms with van der Waals surface area (Å²) in [4.78, 5) is 25.7. The van der Waals surface area contributed by atoms with Gasteiger partial charge in [0.05, 0.1) is 11.6 Å². The second kappa shape index (κ2) is 2.82. The summed E-state index contributed by atoms with van der Waals surface area (Å²) in [6.45, 7) is 3.13. The van der Waals surface area contributed by atoms with Crippen LogP contribution in [0.5, 0.6) is 0 Å². The van der Waals surface area contributed by atoms with Crippen molar-refractivity contribution in [3.8, 4) is 0 Å². The SMILES string of the molecule is CC(=O)CC1=NOC(=O)C1C. The Kier molecular flexibility index (Phi) is 2.03. The summed E-state index contributed by atoms with van der Waals surface area (Å²) in [6, 6.07) is 0. The average molecular weight is 155 g/mol. The van der Waals surface area contributed by atoms with Gasteiger partial charge in [-0.15, -0.1) is 0 Å². The predicted octanol–water partition coefficient (Wildman–Crippen LogP) is 0.514. The molecule has 1 aliphatic heterocycles. The molecule has 4 nitrogen and oxygen atoms in total. The van der Waals surface area contributed by atoms with Gasteiger partial charge in [0.1, 0.15) is 5.78 Å². The number of hydrogen-bond acceptors (Lipinski definition) is 4. The van der Waals surface area contributed by atoms with Crippen LogP contribution in [0.1, 0.15) is 20.3 Å². The number of ketones is 1. The molecule has 0 radical (unpaired) electrons. The Hall–Kier alpha value is -1.19. The van der Waals surface area contributed by atoms with E-state index in [0.29, 0.717) is 5.71 Å². The molecular weight excluding hydrogens is 146 g/mol. The number of oxime groups is 1. The molecule has 1 heterocycles. The Labute approximate surface area is 64.2 Å². The lowest BCUT2D eigenvalue weighted by Gasteiger charge is -1.97. The van der Waals surface area contributed by atoms with Gasteiger partial charge in [-0.1, -0.05) is 5.16 Å². The zero-order chi connectivity index (χ0) is 8.43. The fourth-order valence-electron chi connectivity index (χ4n) is 0.838. The zero-order valence-electron chi connectivity index (χ0n) is 6.46. The van der Waals surface area contributed by atoms with Crippen LogP contribution in [-0.4, -0.2) is 17.5 Å². The molecule has 4 heteroatoms. The van der Waals surface area contributed by atoms with Gasteiger partial charge in [-0.2, -0.15) is 0 Å². The number of rotatable bonds is 2. The molecule has 0 aromatic rings. The molecule has 0 N–H and O–H groups in total. The molecule has 0 spiro atoms. The van der Waals surface area contributed by atoms with Crippen LogP contribution in [0, 0.1) is 5.92 Å². The summed E-state index contributed by atoms with van der Waals surface area (Å²) in [5.41, 5.74) is 0.530. The number of carbonyl (C=O) groups excluding carboxylic acids is 2. The maximum atomic E-state index is 10.7. The van der Waals surface area contributed by atoms with Crippen molar-refractivity contribution in [2.45, 2.75) is 20.3 Å². The van der Waals surface area contributed by atoms with Crippen LogP contribution in [-0.2, 0) is 14.4 Å². The molecule has 1 unspecified atom stereocenters. The van der Waals surface area contributed by atoms with E-state index >= 15 is 0 Å². The van der Waals surface area contributed by atoms with Crippen LogP contribution in [0.25, 0.3) is 0 Å². The minimum atomic E-state index is -0.374. The zero-order valence-corrected chi connectivity index (χ0v) is 6.46. The quantitative estimate of drug-likeness (QED) is 0.546. The van der Waals surface area contributed by atoms with Crippen molar-refractivity contribution in [2.24, 2.45) is 11.1 Å². The van der Waals surface area contributed by atoms with Gasteiger partial charge in [0.2, 0.25) is 0 Å². The van der Waals surface area contributed by atoms with E-state index in [2.05, 4.69) is 9.99 Å². The van der Waals surface area contributed by atoms with Crippen molar-refractivity contribution >= 4 is 17.5 Å². The van der Waals surface area contributed by atoms with Crippen LogP contribution >= 0.6 is 0 Å². The van der Waals surface area contributed by atoms with Gasteiger partial charge in [0.15, 0.2) is 0 Å². The number of nitrogens with zero attached hydrogens (tertiary/aromatic N) is 1. The van der Waals surface area contributed by atoms with E-state index in [-0.39, 0.29) is 24.1 Å². The minimum Gasteiger partial charge on any atom is -0.318 e. The lowest BCUT2D eigenvalue weighted by atomic mass is 10.0. The Morgan fingerprint density at radius 3 is 2.73 bits per heavy atom. The molecule has 0 aromatic carbocycles. The molecule has 0 aromatic heterocycles. The van der Waals surface area contributed by atoms with Crippen molar-refractivity contribution in [1.29, 1.82) is 0 Å². The maximum Gasteiger partial charge on any atom is 0.343 e. The van der Waals surface area contributed by atoms with Crippen molar-refractivity contribution in [1.82, 2.24) is 0 Å². The Balaban J connectivity index is 2.61. The molecule has 60 valence electrons. The first-order chi connectivity index (χ1) is 5.11. The molecule has 0 amide bonds. The van der Waals surface area contributed by atoms with Crippen molar-refractivity contribution < 1.29 is 14.4 Å². The van der Waals surface area contributed by atoms with E-state index in [1.807, 2.05) is 0 Å². The molecule has 0 aliphatic carbocycles. The van der Waals surface area contributed by atoms with Crippen molar-refractivity contribution in [2.75, 3.05) is 0 Å². The standard InChI is InChI=1S/C7H9NO3/c1-4(9)3-6-5(2)7(10)11-8-6/h5H,3H2,1-2H3. The smallest absolute Gasteiger partial charge is 0.318 e. The molecule has 11 heavy (non-hydrogen) atoms. The first-order valence-corrected chi connectivity index (χ1v) is 3.38. The van der Waals surface area contributed by atoms with Crippen LogP contribution in [0.3, 0.4) is 0 Å². The first kappa shape index (κ1) is 7.91. The topological polar surface area (TPSA) is 55.7 Å². The predicted molar refractivity (Wildman–Crippen MR) is 38.0 cm³/mol. The fraction of sp³-hybridized carbons (Fsp3) is 0.571. The van der Waals surface area contributed by atoms with Gasteiger partial charge >= 0.3 is 5.97 Å². The minimum absolute atomic E-state index is 0.00565. The molecule has 1 rings (SSSR count). The highest BCUT2D eigenvalue weighted by Crippen LogP contribution is 2.13. The third-order valence-electron chi connectivity index (χ3n) is 1.54. The summed E-state index contributed by atoms with van der Waals surface area (Å²) >= 11 is 0. The van der Waals surface area contributed by atoms with Crippen LogP contribution in [0.4, 0.5) is 0 Å². The van der Waals surface area contributed by atoms with Crippen LogP contribution < -0.4 is 0 Å². The number of Topliss-reactive ketones (excluding diaryl/α,β-unsaturated/α-hetero) is 1. The van der Waals surface area contributed by atoms with Crippen LogP contribution in [0.15, 0.2) is 5.16 Å². The van der Waals surface area contributed by atoms with Gasteiger partial charge in [0.25, 0.3) is 0 Å². The lowest BCUT2D eigenvalue weighted by molar-refractivity contribution is -0.142. The third-order valence-corrected chi connectivity index (χ3v) is 1.54. The Bertz CT molecular complexity index is 232. The van der Waals surface area contributed by atoms with Gasteiger partial charge in [-0.05, 0) is 13.8 Å². The van der Waals surface area contributed by atoms with Gasteiger partial charge in [0, 0.05) is 6.42 Å². The monoisotopic (exact) mass is 155 g/mol. The highest BCUT2D eigenvalue weighted by molar-refractivity contribution is 6.11. The number of hydrogen-bond donors (Lipinski definition) is 0. The Morgan fingerprint density at radius 2 is 2.36 bits per heavy atom. The normalized spacial score (nSPS) is 22.9. The van der Waals surface area contributed by atoms with Crippen molar-refractivity contribution in [3.05, 3.63) is 0 Å². The molecule has 0 saturated carbocycles. The summed E-state index contributed by atoms with van der Waals surface area (Å²) < 4.78 is 0. The van der Waals surface area contributed by atoms with Crippen molar-refractivity contribution in [3.63, 3.8) is 0 Å². The molecule has 0 bridgehead atoms. The summed E-state index contributed by atoms with van der Waals surface area (Å²) in [5, 5.41) is 3.48. The molecular formula is C7H9NO3. The molecule has 1 atom stereocenters. The van der Waals surface area contributed by atoms with Gasteiger partial charge in [-0.3, -0.25) is 4.79 Å². The summed E-state index contributed by atoms with van der Waals surface area (Å²) in [5.74, 6) is -0.728. The van der Waals surface area contributed by atoms with E-state index in [4.69, 9.17) is 0 Å². The number of carbonyl (C=O) groups is 2. The first-order valence-electron chi connectivity index (χ1n) is 3.38.